The van der Waals surface area contributed by atoms with E-state index in [0.717, 1.165) is 4.47 Å². The minimum absolute atomic E-state index is 0.153. The lowest BCUT2D eigenvalue weighted by molar-refractivity contribution is -0.131. The second-order valence-electron chi connectivity index (χ2n) is 5.15. The van der Waals surface area contributed by atoms with Gasteiger partial charge in [0.05, 0.1) is 6.54 Å². The maximum atomic E-state index is 13.9. The molecule has 0 bridgehead atoms. The summed E-state index contributed by atoms with van der Waals surface area (Å²) >= 11 is 3.30. The van der Waals surface area contributed by atoms with Crippen molar-refractivity contribution in [1.82, 2.24) is 9.80 Å². The fourth-order valence-electron chi connectivity index (χ4n) is 2.30. The fourth-order valence-corrected chi connectivity index (χ4v) is 2.71. The minimum atomic E-state index is -0.397. The van der Waals surface area contributed by atoms with E-state index in [1.54, 1.807) is 18.2 Å². The Morgan fingerprint density at radius 3 is 2.96 bits per heavy atom. The molecule has 0 radical (unpaired) electrons. The van der Waals surface area contributed by atoms with Crippen molar-refractivity contribution < 1.29 is 18.7 Å². The first-order valence-corrected chi connectivity index (χ1v) is 8.05. The molecular weight excluding hydrogens is 367 g/mol. The lowest BCUT2D eigenvalue weighted by Gasteiger charge is -2.23. The zero-order chi connectivity index (χ0) is 16.8. The second kappa shape index (κ2) is 8.10. The highest BCUT2D eigenvalue weighted by atomic mass is 79.9. The predicted octanol–water partition coefficient (Wildman–Crippen LogP) is 2.95. The number of amides is 2. The first-order chi connectivity index (χ1) is 11.0. The predicted molar refractivity (Wildman–Crippen MR) is 87.3 cm³/mol. The van der Waals surface area contributed by atoms with Gasteiger partial charge in [-0.05, 0) is 18.2 Å². The van der Waals surface area contributed by atoms with E-state index >= 15 is 0 Å². The summed E-state index contributed by atoms with van der Waals surface area (Å²) in [5.74, 6) is -0.526. The van der Waals surface area contributed by atoms with Crippen molar-refractivity contribution in [2.75, 3.05) is 26.2 Å². The maximum Gasteiger partial charge on any atom is 0.409 e. The molecule has 1 aromatic carbocycles. The van der Waals surface area contributed by atoms with Crippen molar-refractivity contribution in [1.29, 1.82) is 0 Å². The molecule has 1 heterocycles. The van der Waals surface area contributed by atoms with E-state index in [-0.39, 0.29) is 24.7 Å². The summed E-state index contributed by atoms with van der Waals surface area (Å²) in [7, 11) is 0. The molecule has 0 aromatic heterocycles. The molecule has 0 saturated carbocycles. The summed E-state index contributed by atoms with van der Waals surface area (Å²) < 4.78 is 19.4. The topological polar surface area (TPSA) is 49.9 Å². The van der Waals surface area contributed by atoms with Crippen molar-refractivity contribution >= 4 is 27.9 Å². The van der Waals surface area contributed by atoms with E-state index in [4.69, 9.17) is 4.74 Å². The average molecular weight is 385 g/mol. The largest absolute Gasteiger partial charge is 0.448 e. The van der Waals surface area contributed by atoms with E-state index in [1.165, 1.54) is 15.9 Å². The monoisotopic (exact) mass is 384 g/mol. The summed E-state index contributed by atoms with van der Waals surface area (Å²) in [6.45, 7) is 5.25. The molecule has 0 unspecified atom stereocenters. The normalized spacial score (nSPS) is 13.8. The zero-order valence-corrected chi connectivity index (χ0v) is 14.2. The molecule has 0 N–H and O–H groups in total. The molecule has 1 aromatic rings. The van der Waals surface area contributed by atoms with Crippen LogP contribution >= 0.6 is 15.9 Å². The van der Waals surface area contributed by atoms with E-state index in [0.29, 0.717) is 31.8 Å². The van der Waals surface area contributed by atoms with Gasteiger partial charge in [0.25, 0.3) is 0 Å². The van der Waals surface area contributed by atoms with Crippen molar-refractivity contribution in [3.63, 3.8) is 0 Å². The van der Waals surface area contributed by atoms with Gasteiger partial charge in [0, 0.05) is 36.1 Å². The summed E-state index contributed by atoms with van der Waals surface area (Å²) in [6, 6.07) is 4.62. The van der Waals surface area contributed by atoms with Crippen LogP contribution in [-0.2, 0) is 16.1 Å². The van der Waals surface area contributed by atoms with Crippen LogP contribution in [-0.4, -0.2) is 48.0 Å². The van der Waals surface area contributed by atoms with Gasteiger partial charge in [0.1, 0.15) is 12.4 Å². The van der Waals surface area contributed by atoms with Gasteiger partial charge in [-0.2, -0.15) is 0 Å². The van der Waals surface area contributed by atoms with Gasteiger partial charge in [-0.1, -0.05) is 22.0 Å². The number of ether oxygens (including phenoxy) is 1. The Balaban J connectivity index is 1.99. The summed E-state index contributed by atoms with van der Waals surface area (Å²) in [4.78, 5) is 26.7. The summed E-state index contributed by atoms with van der Waals surface area (Å²) in [5.41, 5.74) is 0.426. The van der Waals surface area contributed by atoms with Crippen molar-refractivity contribution in [2.45, 2.75) is 13.0 Å². The SMILES string of the molecule is C=CCN(Cc1cc(Br)ccc1F)C(=O)CCN1CCOC1=O. The highest BCUT2D eigenvalue weighted by Crippen LogP contribution is 2.18. The Labute approximate surface area is 142 Å². The Hall–Kier alpha value is -1.89. The molecule has 5 nitrogen and oxygen atoms in total. The molecule has 2 rings (SSSR count). The molecule has 2 amide bonds. The molecular formula is C16H18BrFN2O3. The van der Waals surface area contributed by atoms with Crippen LogP contribution in [0.5, 0.6) is 0 Å². The Kier molecular flexibility index (Phi) is 6.15. The van der Waals surface area contributed by atoms with Gasteiger partial charge < -0.3 is 14.5 Å². The molecule has 1 aliphatic heterocycles. The standard InChI is InChI=1S/C16H18BrFN2O3/c1-2-6-20(11-12-10-13(17)3-4-14(12)18)15(21)5-7-19-8-9-23-16(19)22/h2-4,10H,1,5-9,11H2. The van der Waals surface area contributed by atoms with E-state index < -0.39 is 6.09 Å². The maximum absolute atomic E-state index is 13.9. The quantitative estimate of drug-likeness (QED) is 0.679. The van der Waals surface area contributed by atoms with E-state index in [1.807, 2.05) is 0 Å². The number of hydrogen-bond donors (Lipinski definition) is 0. The molecule has 7 heteroatoms. The number of nitrogens with zero attached hydrogens (tertiary/aromatic N) is 2. The van der Waals surface area contributed by atoms with Crippen molar-refractivity contribution in [3.8, 4) is 0 Å². The van der Waals surface area contributed by atoms with Gasteiger partial charge in [0.2, 0.25) is 5.91 Å². The third-order valence-electron chi connectivity index (χ3n) is 3.51. The fraction of sp³-hybridized carbons (Fsp3) is 0.375. The van der Waals surface area contributed by atoms with Crippen LogP contribution in [0.4, 0.5) is 9.18 Å². The van der Waals surface area contributed by atoms with Crippen molar-refractivity contribution in [2.24, 2.45) is 0 Å². The van der Waals surface area contributed by atoms with Gasteiger partial charge in [-0.25, -0.2) is 9.18 Å². The van der Waals surface area contributed by atoms with Gasteiger partial charge >= 0.3 is 6.09 Å². The first kappa shape index (κ1) is 17.5. The zero-order valence-electron chi connectivity index (χ0n) is 12.6. The molecule has 1 fully saturated rings. The Morgan fingerprint density at radius 2 is 2.30 bits per heavy atom. The summed E-state index contributed by atoms with van der Waals surface area (Å²) in [5, 5.41) is 0. The number of carbonyl (C=O) groups is 2. The smallest absolute Gasteiger partial charge is 0.409 e. The average Bonchev–Trinajstić information content (AvgIpc) is 2.93. The van der Waals surface area contributed by atoms with E-state index in [2.05, 4.69) is 22.5 Å². The van der Waals surface area contributed by atoms with Crippen LogP contribution in [0.2, 0.25) is 0 Å². The number of benzene rings is 1. The van der Waals surface area contributed by atoms with Crippen LogP contribution in [0.25, 0.3) is 0 Å². The van der Waals surface area contributed by atoms with Gasteiger partial charge in [-0.3, -0.25) is 4.79 Å². The van der Waals surface area contributed by atoms with E-state index in [9.17, 15) is 14.0 Å². The number of carbonyl (C=O) groups excluding carboxylic acids is 2. The number of halogens is 2. The number of cyclic esters (lactones) is 1. The number of hydrogen-bond acceptors (Lipinski definition) is 3. The third kappa shape index (κ3) is 4.79. The summed E-state index contributed by atoms with van der Waals surface area (Å²) in [6.07, 6.45) is 1.36. The lowest BCUT2D eigenvalue weighted by Crippen LogP contribution is -2.35. The minimum Gasteiger partial charge on any atom is -0.448 e. The lowest BCUT2D eigenvalue weighted by atomic mass is 10.2. The first-order valence-electron chi connectivity index (χ1n) is 7.25. The van der Waals surface area contributed by atoms with Crippen LogP contribution in [0.1, 0.15) is 12.0 Å². The van der Waals surface area contributed by atoms with Crippen LogP contribution in [0.15, 0.2) is 35.3 Å². The van der Waals surface area contributed by atoms with Gasteiger partial charge in [0.15, 0.2) is 0 Å². The molecule has 0 atom stereocenters. The molecule has 0 aliphatic carbocycles. The van der Waals surface area contributed by atoms with Crippen LogP contribution in [0, 0.1) is 5.82 Å². The Bertz CT molecular complexity index is 609. The highest BCUT2D eigenvalue weighted by molar-refractivity contribution is 9.10. The molecule has 1 saturated heterocycles. The van der Waals surface area contributed by atoms with Crippen molar-refractivity contribution in [3.05, 3.63) is 46.7 Å². The third-order valence-corrected chi connectivity index (χ3v) is 4.00. The van der Waals surface area contributed by atoms with Gasteiger partial charge in [-0.15, -0.1) is 6.58 Å². The van der Waals surface area contributed by atoms with Crippen LogP contribution < -0.4 is 0 Å². The second-order valence-corrected chi connectivity index (χ2v) is 6.07. The molecule has 23 heavy (non-hydrogen) atoms. The Morgan fingerprint density at radius 1 is 1.52 bits per heavy atom. The highest BCUT2D eigenvalue weighted by Gasteiger charge is 2.23. The molecule has 0 spiro atoms. The molecule has 124 valence electrons. The molecule has 1 aliphatic rings. The van der Waals surface area contributed by atoms with Crippen LogP contribution in [0.3, 0.4) is 0 Å². The number of rotatable bonds is 7.